The van der Waals surface area contributed by atoms with E-state index in [0.717, 1.165) is 5.56 Å². The van der Waals surface area contributed by atoms with Crippen molar-refractivity contribution in [2.24, 2.45) is 11.7 Å². The summed E-state index contributed by atoms with van der Waals surface area (Å²) in [5.41, 5.74) is 6.75. The van der Waals surface area contributed by atoms with Crippen molar-refractivity contribution in [3.63, 3.8) is 0 Å². The highest BCUT2D eigenvalue weighted by molar-refractivity contribution is 7.99. The van der Waals surface area contributed by atoms with Crippen LogP contribution in [0.3, 0.4) is 0 Å². The zero-order valence-corrected chi connectivity index (χ0v) is 12.9. The fourth-order valence-corrected chi connectivity index (χ4v) is 2.06. The Morgan fingerprint density at radius 1 is 1.42 bits per heavy atom. The van der Waals surface area contributed by atoms with Gasteiger partial charge in [-0.15, -0.1) is 0 Å². The number of nitrogens with one attached hydrogen (secondary N) is 1. The number of hydrogen-bond acceptors (Lipinski definition) is 3. The summed E-state index contributed by atoms with van der Waals surface area (Å²) < 4.78 is 0. The maximum absolute atomic E-state index is 12.1. The third-order valence-corrected chi connectivity index (χ3v) is 4.16. The second-order valence-corrected chi connectivity index (χ2v) is 6.18. The van der Waals surface area contributed by atoms with Gasteiger partial charge < -0.3 is 11.1 Å². The quantitative estimate of drug-likeness (QED) is 0.756. The third kappa shape index (κ3) is 5.61. The molecule has 1 rings (SSSR count). The van der Waals surface area contributed by atoms with Crippen LogP contribution >= 0.6 is 24.0 Å². The molecule has 104 valence electrons. The number of rotatable bonds is 7. The summed E-state index contributed by atoms with van der Waals surface area (Å²) in [4.78, 5) is 12.4. The number of amides is 1. The lowest BCUT2D eigenvalue weighted by atomic mass is 9.98. The molecule has 0 radical (unpaired) electrons. The molecule has 3 N–H and O–H groups in total. The summed E-state index contributed by atoms with van der Waals surface area (Å²) in [7, 11) is 0. The molecule has 0 saturated carbocycles. The lowest BCUT2D eigenvalue weighted by molar-refractivity contribution is -0.122. The van der Waals surface area contributed by atoms with Crippen LogP contribution in [-0.4, -0.2) is 28.9 Å². The van der Waals surface area contributed by atoms with E-state index in [1.807, 2.05) is 36.6 Å². The standard InChI is InChI=1S/C14H20N2OS2/c1-10(19-2)9-16-14(17)12(13(15)18)8-11-6-4-3-5-7-11/h3-7,10,12H,8-9H2,1-2H3,(H2,15,18)(H,16,17). The van der Waals surface area contributed by atoms with E-state index in [4.69, 9.17) is 18.0 Å². The van der Waals surface area contributed by atoms with Crippen LogP contribution in [0.4, 0.5) is 0 Å². The Bertz CT molecular complexity index is 423. The maximum Gasteiger partial charge on any atom is 0.230 e. The largest absolute Gasteiger partial charge is 0.393 e. The summed E-state index contributed by atoms with van der Waals surface area (Å²) in [6, 6.07) is 9.78. The highest BCUT2D eigenvalue weighted by atomic mass is 32.2. The number of hydrogen-bond donors (Lipinski definition) is 2. The molecule has 0 bridgehead atoms. The van der Waals surface area contributed by atoms with E-state index in [0.29, 0.717) is 18.2 Å². The number of carbonyl (C=O) groups is 1. The van der Waals surface area contributed by atoms with Gasteiger partial charge in [0.15, 0.2) is 0 Å². The first-order valence-corrected chi connectivity index (χ1v) is 7.88. The van der Waals surface area contributed by atoms with Gasteiger partial charge in [0, 0.05) is 11.8 Å². The van der Waals surface area contributed by atoms with E-state index < -0.39 is 5.92 Å². The van der Waals surface area contributed by atoms with E-state index in [1.165, 1.54) is 0 Å². The molecule has 2 atom stereocenters. The van der Waals surface area contributed by atoms with Gasteiger partial charge >= 0.3 is 0 Å². The van der Waals surface area contributed by atoms with Gasteiger partial charge in [0.05, 0.1) is 10.9 Å². The van der Waals surface area contributed by atoms with Crippen molar-refractivity contribution in [1.29, 1.82) is 0 Å². The van der Waals surface area contributed by atoms with Crippen LogP contribution in [-0.2, 0) is 11.2 Å². The Hall–Kier alpha value is -1.07. The van der Waals surface area contributed by atoms with Gasteiger partial charge in [0.2, 0.25) is 5.91 Å². The summed E-state index contributed by atoms with van der Waals surface area (Å²) in [5, 5.41) is 3.29. The van der Waals surface area contributed by atoms with E-state index in [9.17, 15) is 4.79 Å². The smallest absolute Gasteiger partial charge is 0.230 e. The molecule has 5 heteroatoms. The fraction of sp³-hybridized carbons (Fsp3) is 0.429. The molecular weight excluding hydrogens is 276 g/mol. The van der Waals surface area contributed by atoms with E-state index >= 15 is 0 Å². The lowest BCUT2D eigenvalue weighted by Gasteiger charge is -2.17. The summed E-state index contributed by atoms with van der Waals surface area (Å²) in [6.45, 7) is 2.70. The first-order valence-electron chi connectivity index (χ1n) is 6.18. The first-order chi connectivity index (χ1) is 9.04. The van der Waals surface area contributed by atoms with Crippen molar-refractivity contribution in [1.82, 2.24) is 5.32 Å². The molecule has 19 heavy (non-hydrogen) atoms. The molecule has 0 heterocycles. The van der Waals surface area contributed by atoms with Gasteiger partial charge in [-0.05, 0) is 18.2 Å². The van der Waals surface area contributed by atoms with Crippen LogP contribution in [0.2, 0.25) is 0 Å². The number of thioether (sulfide) groups is 1. The predicted octanol–water partition coefficient (Wildman–Crippen LogP) is 2.00. The number of thiocarbonyl (C=S) groups is 1. The number of nitrogens with two attached hydrogens (primary N) is 1. The van der Waals surface area contributed by atoms with Crippen molar-refractivity contribution in [2.45, 2.75) is 18.6 Å². The van der Waals surface area contributed by atoms with Crippen molar-refractivity contribution < 1.29 is 4.79 Å². The Morgan fingerprint density at radius 3 is 2.58 bits per heavy atom. The second-order valence-electron chi connectivity index (χ2n) is 4.44. The Labute approximate surface area is 124 Å². The fourth-order valence-electron chi connectivity index (χ4n) is 1.62. The number of carbonyl (C=O) groups excluding carboxylic acids is 1. The zero-order valence-electron chi connectivity index (χ0n) is 11.3. The van der Waals surface area contributed by atoms with Crippen molar-refractivity contribution in [3.8, 4) is 0 Å². The highest BCUT2D eigenvalue weighted by Gasteiger charge is 2.21. The van der Waals surface area contributed by atoms with Crippen LogP contribution in [0.1, 0.15) is 12.5 Å². The number of benzene rings is 1. The van der Waals surface area contributed by atoms with Gasteiger partial charge in [-0.3, -0.25) is 4.79 Å². The van der Waals surface area contributed by atoms with Crippen LogP contribution in [0.5, 0.6) is 0 Å². The molecule has 0 aromatic heterocycles. The van der Waals surface area contributed by atoms with Crippen molar-refractivity contribution in [3.05, 3.63) is 35.9 Å². The minimum Gasteiger partial charge on any atom is -0.393 e. The summed E-state index contributed by atoms with van der Waals surface area (Å²) >= 11 is 6.72. The molecule has 0 spiro atoms. The van der Waals surface area contributed by atoms with E-state index in [2.05, 4.69) is 12.2 Å². The molecule has 1 aromatic rings. The minimum absolute atomic E-state index is 0.0859. The molecular formula is C14H20N2OS2. The third-order valence-electron chi connectivity index (χ3n) is 2.91. The second kappa shape index (κ2) is 8.17. The molecule has 0 fully saturated rings. The lowest BCUT2D eigenvalue weighted by Crippen LogP contribution is -2.41. The average Bonchev–Trinajstić information content (AvgIpc) is 2.42. The first kappa shape index (κ1) is 16.0. The predicted molar refractivity (Wildman–Crippen MR) is 86.4 cm³/mol. The normalized spacial score (nSPS) is 13.6. The van der Waals surface area contributed by atoms with Gasteiger partial charge in [-0.25, -0.2) is 0 Å². The van der Waals surface area contributed by atoms with Gasteiger partial charge in [0.1, 0.15) is 0 Å². The molecule has 0 aliphatic rings. The van der Waals surface area contributed by atoms with Gasteiger partial charge in [-0.1, -0.05) is 49.5 Å². The summed E-state index contributed by atoms with van der Waals surface area (Å²) in [6.07, 6.45) is 2.57. The Morgan fingerprint density at radius 2 is 2.05 bits per heavy atom. The maximum atomic E-state index is 12.1. The molecule has 1 amide bonds. The topological polar surface area (TPSA) is 55.1 Å². The van der Waals surface area contributed by atoms with Gasteiger partial charge in [0.25, 0.3) is 0 Å². The Kier molecular flexibility index (Phi) is 6.87. The zero-order chi connectivity index (χ0) is 14.3. The van der Waals surface area contributed by atoms with Crippen molar-refractivity contribution in [2.75, 3.05) is 12.8 Å². The van der Waals surface area contributed by atoms with Crippen LogP contribution in [0, 0.1) is 5.92 Å². The monoisotopic (exact) mass is 296 g/mol. The molecule has 0 aliphatic heterocycles. The van der Waals surface area contributed by atoms with Crippen molar-refractivity contribution >= 4 is 34.9 Å². The molecule has 1 aromatic carbocycles. The SMILES string of the molecule is CSC(C)CNC(=O)C(Cc1ccccc1)C(N)=S. The van der Waals surface area contributed by atoms with Crippen LogP contribution in [0.25, 0.3) is 0 Å². The molecule has 2 unspecified atom stereocenters. The highest BCUT2D eigenvalue weighted by Crippen LogP contribution is 2.10. The minimum atomic E-state index is -0.438. The van der Waals surface area contributed by atoms with Crippen LogP contribution in [0.15, 0.2) is 30.3 Å². The average molecular weight is 296 g/mol. The van der Waals surface area contributed by atoms with Crippen LogP contribution < -0.4 is 11.1 Å². The van der Waals surface area contributed by atoms with E-state index in [-0.39, 0.29) is 10.9 Å². The Balaban J connectivity index is 2.62. The molecule has 3 nitrogen and oxygen atoms in total. The molecule has 0 aliphatic carbocycles. The van der Waals surface area contributed by atoms with E-state index in [1.54, 1.807) is 11.8 Å². The summed E-state index contributed by atoms with van der Waals surface area (Å²) in [5.74, 6) is -0.524. The van der Waals surface area contributed by atoms with Gasteiger partial charge in [-0.2, -0.15) is 11.8 Å². The molecule has 0 saturated heterocycles.